The predicted octanol–water partition coefficient (Wildman–Crippen LogP) is 1.31. The summed E-state index contributed by atoms with van der Waals surface area (Å²) in [4.78, 5) is 8.86. The monoisotopic (exact) mass is 287 g/mol. The third-order valence-electron chi connectivity index (χ3n) is 2.18. The molecule has 0 saturated carbocycles. The second-order valence-corrected chi connectivity index (χ2v) is 5.41. The number of nitriles is 1. The Morgan fingerprint density at radius 1 is 1.58 bits per heavy atom. The van der Waals surface area contributed by atoms with Crippen molar-refractivity contribution in [3.05, 3.63) is 34.1 Å². The minimum absolute atomic E-state index is 0.109. The molecule has 0 radical (unpaired) electrons. The van der Waals surface area contributed by atoms with E-state index >= 15 is 0 Å². The van der Waals surface area contributed by atoms with E-state index in [9.17, 15) is 22.9 Å². The van der Waals surface area contributed by atoms with Gasteiger partial charge in [0.25, 0.3) is 0 Å². The number of benzene rings is 1. The summed E-state index contributed by atoms with van der Waals surface area (Å²) in [6.45, 7) is 1.42. The highest BCUT2D eigenvalue weighted by Crippen LogP contribution is 2.26. The van der Waals surface area contributed by atoms with Gasteiger partial charge in [0.05, 0.1) is 17.4 Å². The van der Waals surface area contributed by atoms with Crippen LogP contribution in [0, 0.1) is 27.3 Å². The Morgan fingerprint density at radius 3 is 2.74 bits per heavy atom. The molecule has 0 saturated heterocycles. The maximum Gasteiger partial charge on any atom is 0.324 e. The lowest BCUT2D eigenvalue weighted by atomic mass is 10.3. The van der Waals surface area contributed by atoms with Gasteiger partial charge in [-0.25, -0.2) is 13.1 Å². The standard InChI is InChI=1S/C10H10FN3O4S/c1-7(5-6-12)13-19(17,18)9-4-2-3-8(11)10(9)14(15)16/h2-4,7,13H,5H2,1H3. The average molecular weight is 287 g/mol. The zero-order valence-corrected chi connectivity index (χ0v) is 10.6. The molecule has 1 unspecified atom stereocenters. The number of hydrogen-bond donors (Lipinski definition) is 1. The van der Waals surface area contributed by atoms with Crippen LogP contribution in [-0.4, -0.2) is 19.4 Å². The Balaban J connectivity index is 3.27. The first-order chi connectivity index (χ1) is 8.79. The van der Waals surface area contributed by atoms with Crippen LogP contribution in [0.4, 0.5) is 10.1 Å². The van der Waals surface area contributed by atoms with E-state index < -0.39 is 37.4 Å². The van der Waals surface area contributed by atoms with Crippen LogP contribution < -0.4 is 4.72 Å². The van der Waals surface area contributed by atoms with Crippen LogP contribution in [0.25, 0.3) is 0 Å². The van der Waals surface area contributed by atoms with E-state index in [2.05, 4.69) is 4.72 Å². The van der Waals surface area contributed by atoms with Crippen molar-refractivity contribution in [3.63, 3.8) is 0 Å². The van der Waals surface area contributed by atoms with Crippen LogP contribution in [0.3, 0.4) is 0 Å². The number of nitro benzene ring substituents is 1. The van der Waals surface area contributed by atoms with Crippen LogP contribution in [-0.2, 0) is 10.0 Å². The Kier molecular flexibility index (Phi) is 4.52. The second kappa shape index (κ2) is 5.73. The van der Waals surface area contributed by atoms with Crippen LogP contribution in [0.15, 0.2) is 23.1 Å². The largest absolute Gasteiger partial charge is 0.324 e. The van der Waals surface area contributed by atoms with Crippen molar-refractivity contribution < 1.29 is 17.7 Å². The van der Waals surface area contributed by atoms with E-state index in [0.717, 1.165) is 18.2 Å². The molecule has 1 N–H and O–H groups in total. The molecule has 19 heavy (non-hydrogen) atoms. The number of nitrogens with one attached hydrogen (secondary N) is 1. The van der Waals surface area contributed by atoms with Crippen molar-refractivity contribution in [2.75, 3.05) is 0 Å². The van der Waals surface area contributed by atoms with Gasteiger partial charge in [0.2, 0.25) is 15.8 Å². The summed E-state index contributed by atoms with van der Waals surface area (Å²) in [7, 11) is -4.26. The third-order valence-corrected chi connectivity index (χ3v) is 3.80. The highest BCUT2D eigenvalue weighted by molar-refractivity contribution is 7.89. The highest BCUT2D eigenvalue weighted by Gasteiger charge is 2.30. The van der Waals surface area contributed by atoms with Crippen LogP contribution in [0.1, 0.15) is 13.3 Å². The minimum atomic E-state index is -4.26. The van der Waals surface area contributed by atoms with Gasteiger partial charge in [-0.1, -0.05) is 6.07 Å². The Morgan fingerprint density at radius 2 is 2.21 bits per heavy atom. The predicted molar refractivity (Wildman–Crippen MR) is 63.1 cm³/mol. The van der Waals surface area contributed by atoms with Crippen molar-refractivity contribution in [2.24, 2.45) is 0 Å². The lowest BCUT2D eigenvalue weighted by Gasteiger charge is -2.11. The highest BCUT2D eigenvalue weighted by atomic mass is 32.2. The fourth-order valence-electron chi connectivity index (χ4n) is 1.40. The summed E-state index contributed by atoms with van der Waals surface area (Å²) in [5, 5.41) is 19.2. The molecule has 1 aromatic carbocycles. The van der Waals surface area contributed by atoms with E-state index in [1.54, 1.807) is 6.07 Å². The maximum atomic E-state index is 13.3. The van der Waals surface area contributed by atoms with Crippen molar-refractivity contribution in [1.82, 2.24) is 4.72 Å². The van der Waals surface area contributed by atoms with Gasteiger partial charge in [-0.05, 0) is 19.1 Å². The number of sulfonamides is 1. The fraction of sp³-hybridized carbons (Fsp3) is 0.300. The van der Waals surface area contributed by atoms with Crippen LogP contribution in [0.2, 0.25) is 0 Å². The van der Waals surface area contributed by atoms with E-state index in [0.29, 0.717) is 0 Å². The van der Waals surface area contributed by atoms with Gasteiger partial charge in [0, 0.05) is 6.04 Å². The molecule has 1 aromatic rings. The zero-order chi connectivity index (χ0) is 14.6. The molecule has 0 spiro atoms. The Hall–Kier alpha value is -2.05. The first kappa shape index (κ1) is 15.0. The van der Waals surface area contributed by atoms with Gasteiger partial charge in [-0.15, -0.1) is 0 Å². The van der Waals surface area contributed by atoms with Crippen molar-refractivity contribution in [2.45, 2.75) is 24.3 Å². The summed E-state index contributed by atoms with van der Waals surface area (Å²) in [5.41, 5.74) is -1.11. The molecule has 9 heteroatoms. The van der Waals surface area contributed by atoms with Crippen molar-refractivity contribution in [1.29, 1.82) is 5.26 Å². The summed E-state index contributed by atoms with van der Waals surface area (Å²) < 4.78 is 39.2. The molecule has 0 fully saturated rings. The Labute approximate surface area is 108 Å². The molecule has 0 aliphatic rings. The van der Waals surface area contributed by atoms with E-state index in [1.807, 2.05) is 0 Å². The number of nitro groups is 1. The minimum Gasteiger partial charge on any atom is -0.258 e. The molecule has 1 atom stereocenters. The fourth-order valence-corrected chi connectivity index (χ4v) is 2.82. The van der Waals surface area contributed by atoms with Gasteiger partial charge in [-0.3, -0.25) is 10.1 Å². The molecular formula is C10H10FN3O4S. The summed E-state index contributed by atoms with van der Waals surface area (Å²) in [6, 6.07) is 3.81. The molecule has 0 aromatic heterocycles. The normalized spacial score (nSPS) is 12.7. The topological polar surface area (TPSA) is 113 Å². The number of nitrogens with zero attached hydrogens (tertiary/aromatic N) is 2. The van der Waals surface area contributed by atoms with E-state index in [-0.39, 0.29) is 6.42 Å². The SMILES string of the molecule is CC(CC#N)NS(=O)(=O)c1cccc(F)c1[N+](=O)[O-]. The van der Waals surface area contributed by atoms with Gasteiger partial charge in [0.1, 0.15) is 0 Å². The molecule has 0 amide bonds. The number of rotatable bonds is 5. The van der Waals surface area contributed by atoms with Gasteiger partial charge >= 0.3 is 5.69 Å². The molecule has 7 nitrogen and oxygen atoms in total. The summed E-state index contributed by atoms with van der Waals surface area (Å²) in [6.07, 6.45) is -0.109. The van der Waals surface area contributed by atoms with Crippen LogP contribution in [0.5, 0.6) is 0 Å². The molecule has 1 rings (SSSR count). The number of para-hydroxylation sites is 1. The molecule has 102 valence electrons. The lowest BCUT2D eigenvalue weighted by Crippen LogP contribution is -2.32. The smallest absolute Gasteiger partial charge is 0.258 e. The third kappa shape index (κ3) is 3.46. The molecule has 0 bridgehead atoms. The summed E-state index contributed by atoms with van der Waals surface area (Å²) >= 11 is 0. The number of hydrogen-bond acceptors (Lipinski definition) is 5. The first-order valence-corrected chi connectivity index (χ1v) is 6.60. The molecule has 0 aliphatic carbocycles. The van der Waals surface area contributed by atoms with Gasteiger partial charge in [0.15, 0.2) is 4.90 Å². The molecule has 0 aliphatic heterocycles. The Bertz CT molecular complexity index is 639. The van der Waals surface area contributed by atoms with Gasteiger partial charge < -0.3 is 0 Å². The zero-order valence-electron chi connectivity index (χ0n) is 9.83. The van der Waals surface area contributed by atoms with E-state index in [1.165, 1.54) is 6.92 Å². The lowest BCUT2D eigenvalue weighted by molar-refractivity contribution is -0.390. The van der Waals surface area contributed by atoms with Crippen LogP contribution >= 0.6 is 0 Å². The van der Waals surface area contributed by atoms with Gasteiger partial charge in [-0.2, -0.15) is 9.65 Å². The maximum absolute atomic E-state index is 13.3. The number of halogens is 1. The molecule has 0 heterocycles. The van der Waals surface area contributed by atoms with Crippen molar-refractivity contribution >= 4 is 15.7 Å². The quantitative estimate of drug-likeness (QED) is 0.648. The first-order valence-electron chi connectivity index (χ1n) is 5.11. The average Bonchev–Trinajstić information content (AvgIpc) is 2.27. The second-order valence-electron chi connectivity index (χ2n) is 3.73. The van der Waals surface area contributed by atoms with Crippen molar-refractivity contribution in [3.8, 4) is 6.07 Å². The van der Waals surface area contributed by atoms with E-state index in [4.69, 9.17) is 5.26 Å². The molecular weight excluding hydrogens is 277 g/mol. The summed E-state index contributed by atoms with van der Waals surface area (Å²) in [5.74, 6) is -1.24.